The number of para-hydroxylation sites is 1. The molecule has 2 amide bonds. The number of anilines is 2. The van der Waals surface area contributed by atoms with Crippen molar-refractivity contribution in [3.63, 3.8) is 0 Å². The molecule has 0 saturated heterocycles. The van der Waals surface area contributed by atoms with Crippen LogP contribution >= 0.6 is 23.1 Å². The van der Waals surface area contributed by atoms with Crippen molar-refractivity contribution in [3.8, 4) is 0 Å². The zero-order chi connectivity index (χ0) is 21.1. The number of benzene rings is 2. The Kier molecular flexibility index (Phi) is 5.72. The summed E-state index contributed by atoms with van der Waals surface area (Å²) in [6, 6.07) is 13.1. The van der Waals surface area contributed by atoms with Gasteiger partial charge in [-0.15, -0.1) is 10.2 Å². The van der Waals surface area contributed by atoms with Crippen LogP contribution in [0.2, 0.25) is 0 Å². The maximum atomic E-state index is 12.6. The van der Waals surface area contributed by atoms with Crippen LogP contribution in [0.4, 0.5) is 16.5 Å². The normalized spacial score (nSPS) is 12.5. The summed E-state index contributed by atoms with van der Waals surface area (Å²) in [4.78, 5) is 36.8. The number of aromatic nitrogens is 2. The van der Waals surface area contributed by atoms with E-state index in [4.69, 9.17) is 0 Å². The SMILES string of the molecule is O=C(Nc1nnc(SCC(=O)N2CCc3ccccc32)s1)c1ccc([N+](=O)[O-])cc1. The van der Waals surface area contributed by atoms with E-state index in [1.165, 1.54) is 41.6 Å². The van der Waals surface area contributed by atoms with Gasteiger partial charge in [0, 0.05) is 29.9 Å². The average Bonchev–Trinajstić information content (AvgIpc) is 3.39. The zero-order valence-corrected chi connectivity index (χ0v) is 17.1. The predicted molar refractivity (Wildman–Crippen MR) is 114 cm³/mol. The van der Waals surface area contributed by atoms with Gasteiger partial charge in [-0.3, -0.25) is 25.0 Å². The number of carbonyl (C=O) groups excluding carboxylic acids is 2. The molecule has 0 aliphatic carbocycles. The van der Waals surface area contributed by atoms with Crippen molar-refractivity contribution in [1.29, 1.82) is 0 Å². The van der Waals surface area contributed by atoms with Crippen molar-refractivity contribution in [1.82, 2.24) is 10.2 Å². The molecule has 1 aliphatic heterocycles. The van der Waals surface area contributed by atoms with Crippen LogP contribution in [0.3, 0.4) is 0 Å². The minimum atomic E-state index is -0.530. The first-order valence-electron chi connectivity index (χ1n) is 8.91. The van der Waals surface area contributed by atoms with E-state index in [-0.39, 0.29) is 22.9 Å². The Hall–Kier alpha value is -3.31. The molecule has 0 atom stereocenters. The standard InChI is InChI=1S/C19H15N5O4S2/c25-16(23-10-9-12-3-1-2-4-15(12)23)11-29-19-22-21-18(30-19)20-17(26)13-5-7-14(8-6-13)24(27)28/h1-8H,9-11H2,(H,20,21,26). The summed E-state index contributed by atoms with van der Waals surface area (Å²) in [6.45, 7) is 0.672. The minimum Gasteiger partial charge on any atom is -0.311 e. The lowest BCUT2D eigenvalue weighted by Gasteiger charge is -2.16. The van der Waals surface area contributed by atoms with Gasteiger partial charge in [0.05, 0.1) is 10.7 Å². The molecule has 1 N–H and O–H groups in total. The van der Waals surface area contributed by atoms with Gasteiger partial charge in [-0.1, -0.05) is 41.3 Å². The van der Waals surface area contributed by atoms with Gasteiger partial charge in [0.2, 0.25) is 11.0 Å². The molecule has 1 aromatic heterocycles. The minimum absolute atomic E-state index is 0.00313. The molecule has 0 unspecified atom stereocenters. The fraction of sp³-hybridized carbons (Fsp3) is 0.158. The van der Waals surface area contributed by atoms with E-state index in [0.717, 1.165) is 23.4 Å². The van der Waals surface area contributed by atoms with E-state index in [2.05, 4.69) is 15.5 Å². The van der Waals surface area contributed by atoms with Gasteiger partial charge in [-0.2, -0.15) is 0 Å². The van der Waals surface area contributed by atoms with Crippen molar-refractivity contribution < 1.29 is 14.5 Å². The smallest absolute Gasteiger partial charge is 0.269 e. The summed E-state index contributed by atoms with van der Waals surface area (Å²) in [5.74, 6) is -0.224. The van der Waals surface area contributed by atoms with Crippen LogP contribution in [0.1, 0.15) is 15.9 Å². The quantitative estimate of drug-likeness (QED) is 0.270. The summed E-state index contributed by atoms with van der Waals surface area (Å²) >= 11 is 2.43. The highest BCUT2D eigenvalue weighted by atomic mass is 32.2. The molecule has 0 radical (unpaired) electrons. The second-order valence-corrected chi connectivity index (χ2v) is 8.54. The number of thioether (sulfide) groups is 1. The van der Waals surface area contributed by atoms with Crippen molar-refractivity contribution >= 4 is 51.4 Å². The molecule has 0 spiro atoms. The molecule has 0 saturated carbocycles. The number of hydrogen-bond donors (Lipinski definition) is 1. The first-order chi connectivity index (χ1) is 14.5. The molecule has 9 nitrogen and oxygen atoms in total. The lowest BCUT2D eigenvalue weighted by atomic mass is 10.2. The summed E-state index contributed by atoms with van der Waals surface area (Å²) in [5, 5.41) is 21.5. The summed E-state index contributed by atoms with van der Waals surface area (Å²) in [5.41, 5.74) is 2.30. The number of hydrogen-bond acceptors (Lipinski definition) is 8. The largest absolute Gasteiger partial charge is 0.311 e. The highest BCUT2D eigenvalue weighted by Crippen LogP contribution is 2.30. The summed E-state index contributed by atoms with van der Waals surface area (Å²) in [6.07, 6.45) is 0.851. The van der Waals surface area contributed by atoms with E-state index in [1.807, 2.05) is 24.3 Å². The maximum Gasteiger partial charge on any atom is 0.269 e. The Labute approximate surface area is 179 Å². The van der Waals surface area contributed by atoms with Gasteiger partial charge in [0.15, 0.2) is 4.34 Å². The number of amides is 2. The Bertz CT molecular complexity index is 1120. The number of fused-ring (bicyclic) bond motifs is 1. The molecule has 30 heavy (non-hydrogen) atoms. The highest BCUT2D eigenvalue weighted by Gasteiger charge is 2.24. The Morgan fingerprint density at radius 2 is 1.93 bits per heavy atom. The fourth-order valence-electron chi connectivity index (χ4n) is 3.02. The maximum absolute atomic E-state index is 12.6. The Morgan fingerprint density at radius 3 is 2.70 bits per heavy atom. The molecular formula is C19H15N5O4S2. The van der Waals surface area contributed by atoms with E-state index in [0.29, 0.717) is 16.0 Å². The third-order valence-corrected chi connectivity index (χ3v) is 6.43. The topological polar surface area (TPSA) is 118 Å². The van der Waals surface area contributed by atoms with Gasteiger partial charge in [-0.05, 0) is 30.2 Å². The van der Waals surface area contributed by atoms with Crippen molar-refractivity contribution in [3.05, 3.63) is 69.8 Å². The fourth-order valence-corrected chi connectivity index (χ4v) is 4.64. The van der Waals surface area contributed by atoms with E-state index < -0.39 is 10.8 Å². The molecule has 152 valence electrons. The van der Waals surface area contributed by atoms with Gasteiger partial charge >= 0.3 is 0 Å². The van der Waals surface area contributed by atoms with Crippen molar-refractivity contribution in [2.75, 3.05) is 22.5 Å². The third-order valence-electron chi connectivity index (χ3n) is 4.47. The number of carbonyl (C=O) groups is 2. The monoisotopic (exact) mass is 441 g/mol. The van der Waals surface area contributed by atoms with Crippen LogP contribution in [-0.4, -0.2) is 39.2 Å². The lowest BCUT2D eigenvalue weighted by molar-refractivity contribution is -0.384. The van der Waals surface area contributed by atoms with Crippen molar-refractivity contribution in [2.24, 2.45) is 0 Å². The summed E-state index contributed by atoms with van der Waals surface area (Å²) < 4.78 is 0.565. The number of rotatable bonds is 6. The molecule has 0 bridgehead atoms. The summed E-state index contributed by atoms with van der Waals surface area (Å²) in [7, 11) is 0. The van der Waals surface area contributed by atoms with Gasteiger partial charge in [-0.25, -0.2) is 0 Å². The number of non-ortho nitro benzene ring substituents is 1. The molecule has 1 aliphatic rings. The molecular weight excluding hydrogens is 426 g/mol. The Morgan fingerprint density at radius 1 is 1.17 bits per heavy atom. The predicted octanol–water partition coefficient (Wildman–Crippen LogP) is 3.38. The van der Waals surface area contributed by atoms with Crippen LogP contribution in [0.25, 0.3) is 0 Å². The molecule has 11 heteroatoms. The van der Waals surface area contributed by atoms with E-state index in [1.54, 1.807) is 4.90 Å². The molecule has 2 heterocycles. The zero-order valence-electron chi connectivity index (χ0n) is 15.5. The van der Waals surface area contributed by atoms with E-state index in [9.17, 15) is 19.7 Å². The number of nitrogens with one attached hydrogen (secondary N) is 1. The lowest BCUT2D eigenvalue weighted by Crippen LogP contribution is -2.30. The number of nitro benzene ring substituents is 1. The van der Waals surface area contributed by atoms with Crippen molar-refractivity contribution in [2.45, 2.75) is 10.8 Å². The van der Waals surface area contributed by atoms with Crippen LogP contribution < -0.4 is 10.2 Å². The molecule has 0 fully saturated rings. The Balaban J connectivity index is 1.32. The van der Waals surface area contributed by atoms with Gasteiger partial charge < -0.3 is 4.90 Å². The van der Waals surface area contributed by atoms with Crippen LogP contribution in [0, 0.1) is 10.1 Å². The number of nitrogens with zero attached hydrogens (tertiary/aromatic N) is 4. The second-order valence-electron chi connectivity index (χ2n) is 6.34. The first kappa shape index (κ1) is 20.0. The molecule has 4 rings (SSSR count). The first-order valence-corrected chi connectivity index (χ1v) is 10.7. The third kappa shape index (κ3) is 4.31. The molecule has 2 aromatic carbocycles. The van der Waals surface area contributed by atoms with Crippen LogP contribution in [-0.2, 0) is 11.2 Å². The average molecular weight is 441 g/mol. The van der Waals surface area contributed by atoms with Gasteiger partial charge in [0.1, 0.15) is 0 Å². The molecule has 3 aromatic rings. The van der Waals surface area contributed by atoms with E-state index >= 15 is 0 Å². The highest BCUT2D eigenvalue weighted by molar-refractivity contribution is 8.01. The van der Waals surface area contributed by atoms with Gasteiger partial charge in [0.25, 0.3) is 11.6 Å². The number of nitro groups is 1. The van der Waals surface area contributed by atoms with Crippen LogP contribution in [0.15, 0.2) is 52.9 Å². The second kappa shape index (κ2) is 8.59. The van der Waals surface area contributed by atoms with Crippen LogP contribution in [0.5, 0.6) is 0 Å².